The number of carbonyl (C=O) groups excluding carboxylic acids is 2. The minimum Gasteiger partial charge on any atom is -0.393 e. The lowest BCUT2D eigenvalue weighted by atomic mass is 9.97. The van der Waals surface area contributed by atoms with Gasteiger partial charge in [0, 0.05) is 24.0 Å². The first kappa shape index (κ1) is 32.5. The molecule has 0 heterocycles. The first-order valence-corrected chi connectivity index (χ1v) is 12.3. The van der Waals surface area contributed by atoms with E-state index in [1.807, 2.05) is 40.7 Å². The monoisotopic (exact) mass is 535 g/mol. The molecule has 0 spiro atoms. The molecule has 0 fully saturated rings. The number of amides is 2. The molecule has 0 saturated carbocycles. The molecule has 0 radical (unpaired) electrons. The molecular weight excluding hydrogens is 495 g/mol. The van der Waals surface area contributed by atoms with Gasteiger partial charge in [-0.05, 0) is 68.0 Å². The van der Waals surface area contributed by atoms with Crippen LogP contribution in [0.4, 0.5) is 13.2 Å². The molecule has 38 heavy (non-hydrogen) atoms. The van der Waals surface area contributed by atoms with Crippen LogP contribution in [0.1, 0.15) is 75.9 Å². The molecule has 7 nitrogen and oxygen atoms in total. The van der Waals surface area contributed by atoms with Gasteiger partial charge in [-0.1, -0.05) is 46.3 Å². The number of alkyl halides is 3. The first-order chi connectivity index (χ1) is 17.5. The molecule has 10 heteroatoms. The van der Waals surface area contributed by atoms with Crippen LogP contribution in [-0.2, 0) is 11.0 Å². The molecule has 1 rings (SSSR count). The van der Waals surface area contributed by atoms with Crippen molar-refractivity contribution in [3.8, 4) is 0 Å². The van der Waals surface area contributed by atoms with Gasteiger partial charge < -0.3 is 16.4 Å². The summed E-state index contributed by atoms with van der Waals surface area (Å²) in [6, 6.07) is 3.17. The minimum absolute atomic E-state index is 0.114. The Kier molecular flexibility index (Phi) is 11.8. The average Bonchev–Trinajstić information content (AvgIpc) is 2.81. The third-order valence-electron chi connectivity index (χ3n) is 5.27. The van der Waals surface area contributed by atoms with Gasteiger partial charge in [-0.3, -0.25) is 14.6 Å². The van der Waals surface area contributed by atoms with E-state index < -0.39 is 23.6 Å². The van der Waals surface area contributed by atoms with Crippen LogP contribution in [-0.4, -0.2) is 23.4 Å². The Hall–Kier alpha value is -3.53. The summed E-state index contributed by atoms with van der Waals surface area (Å²) in [5.74, 6) is 5.07. The van der Waals surface area contributed by atoms with E-state index in [0.29, 0.717) is 23.5 Å². The smallest absolute Gasteiger partial charge is 0.393 e. The highest BCUT2D eigenvalue weighted by atomic mass is 19.4. The summed E-state index contributed by atoms with van der Waals surface area (Å²) in [6.45, 7) is 13.3. The fourth-order valence-electron chi connectivity index (χ4n) is 3.20. The van der Waals surface area contributed by atoms with E-state index >= 15 is 0 Å². The second-order valence-corrected chi connectivity index (χ2v) is 10.2. The maximum absolute atomic E-state index is 13.2. The van der Waals surface area contributed by atoms with Gasteiger partial charge in [-0.25, -0.2) is 5.84 Å². The van der Waals surface area contributed by atoms with Crippen molar-refractivity contribution in [2.75, 3.05) is 6.54 Å². The van der Waals surface area contributed by atoms with Gasteiger partial charge >= 0.3 is 6.18 Å². The molecule has 0 aliphatic rings. The van der Waals surface area contributed by atoms with Crippen LogP contribution in [0.5, 0.6) is 0 Å². The lowest BCUT2D eigenvalue weighted by Gasteiger charge is -2.22. The van der Waals surface area contributed by atoms with E-state index in [1.54, 1.807) is 19.1 Å². The van der Waals surface area contributed by atoms with Gasteiger partial charge in [0.15, 0.2) is 0 Å². The average molecular weight is 536 g/mol. The summed E-state index contributed by atoms with van der Waals surface area (Å²) in [5, 5.41) is 6.56. The molecule has 1 aromatic rings. The van der Waals surface area contributed by atoms with Gasteiger partial charge in [0.2, 0.25) is 0 Å². The number of nitrogens with one attached hydrogen (secondary N) is 2. The first-order valence-electron chi connectivity index (χ1n) is 12.3. The fourth-order valence-corrected chi connectivity index (χ4v) is 3.20. The summed E-state index contributed by atoms with van der Waals surface area (Å²) in [4.78, 5) is 25.3. The van der Waals surface area contributed by atoms with E-state index in [1.165, 1.54) is 24.2 Å². The number of rotatable bonds is 10. The number of nitrogens with two attached hydrogens (primary N) is 2. The SMILES string of the molecule is C\C=C(/C=C(\C(C)=C\CCC)N(N)/C=C(\N)C(=O)NCC(C)(C)C)NC(=O)c1cc(C)cc(C(F)(F)F)c1. The molecular formula is C28H40F3N5O2. The van der Waals surface area contributed by atoms with Crippen molar-refractivity contribution in [1.82, 2.24) is 15.6 Å². The molecule has 0 aromatic heterocycles. The largest absolute Gasteiger partial charge is 0.416 e. The van der Waals surface area contributed by atoms with Crippen LogP contribution >= 0.6 is 0 Å². The predicted molar refractivity (Wildman–Crippen MR) is 145 cm³/mol. The number of unbranched alkanes of at least 4 members (excludes halogenated alkanes) is 1. The Labute approximate surface area is 223 Å². The fraction of sp³-hybridized carbons (Fsp3) is 0.429. The zero-order chi connectivity index (χ0) is 29.3. The van der Waals surface area contributed by atoms with E-state index in [4.69, 9.17) is 11.6 Å². The number of nitrogens with zero attached hydrogens (tertiary/aromatic N) is 1. The summed E-state index contributed by atoms with van der Waals surface area (Å²) in [7, 11) is 0. The Morgan fingerprint density at radius 3 is 2.29 bits per heavy atom. The van der Waals surface area contributed by atoms with Crippen molar-refractivity contribution < 1.29 is 22.8 Å². The van der Waals surface area contributed by atoms with Crippen molar-refractivity contribution in [2.45, 2.75) is 67.5 Å². The number of hydrazine groups is 1. The predicted octanol–water partition coefficient (Wildman–Crippen LogP) is 5.42. The summed E-state index contributed by atoms with van der Waals surface area (Å²) < 4.78 is 39.7. The third kappa shape index (κ3) is 10.8. The zero-order valence-electron chi connectivity index (χ0n) is 23.2. The van der Waals surface area contributed by atoms with Crippen LogP contribution in [0.3, 0.4) is 0 Å². The van der Waals surface area contributed by atoms with Crippen LogP contribution < -0.4 is 22.2 Å². The third-order valence-corrected chi connectivity index (χ3v) is 5.27. The molecule has 0 saturated heterocycles. The molecule has 0 atom stereocenters. The maximum atomic E-state index is 13.2. The Balaban J connectivity index is 3.33. The summed E-state index contributed by atoms with van der Waals surface area (Å²) in [6.07, 6.45) is 3.43. The number of allylic oxidation sites excluding steroid dienone is 4. The van der Waals surface area contributed by atoms with Crippen LogP contribution in [0, 0.1) is 12.3 Å². The normalized spacial score (nSPS) is 13.9. The Bertz CT molecular complexity index is 1130. The van der Waals surface area contributed by atoms with Crippen molar-refractivity contribution in [3.05, 3.63) is 82.0 Å². The number of carbonyl (C=O) groups is 2. The Morgan fingerprint density at radius 2 is 1.76 bits per heavy atom. The topological polar surface area (TPSA) is 113 Å². The van der Waals surface area contributed by atoms with Crippen LogP contribution in [0.15, 0.2) is 65.3 Å². The molecule has 0 aliphatic carbocycles. The molecule has 1 aromatic carbocycles. The van der Waals surface area contributed by atoms with Gasteiger partial charge in [-0.2, -0.15) is 13.2 Å². The van der Waals surface area contributed by atoms with Crippen molar-refractivity contribution in [3.63, 3.8) is 0 Å². The maximum Gasteiger partial charge on any atom is 0.416 e. The van der Waals surface area contributed by atoms with Gasteiger partial charge in [0.05, 0.1) is 11.3 Å². The van der Waals surface area contributed by atoms with Gasteiger partial charge in [0.25, 0.3) is 11.8 Å². The summed E-state index contributed by atoms with van der Waals surface area (Å²) >= 11 is 0. The lowest BCUT2D eigenvalue weighted by Crippen LogP contribution is -2.37. The second kappa shape index (κ2) is 13.9. The molecule has 0 unspecified atom stereocenters. The van der Waals surface area contributed by atoms with Gasteiger partial charge in [0.1, 0.15) is 5.70 Å². The zero-order valence-corrected chi connectivity index (χ0v) is 23.2. The molecule has 0 aliphatic heterocycles. The number of hydrogen-bond acceptors (Lipinski definition) is 5. The van der Waals surface area contributed by atoms with E-state index in [9.17, 15) is 22.8 Å². The van der Waals surface area contributed by atoms with E-state index in [-0.39, 0.29) is 16.7 Å². The highest BCUT2D eigenvalue weighted by Gasteiger charge is 2.31. The number of halogens is 3. The molecule has 210 valence electrons. The van der Waals surface area contributed by atoms with Crippen molar-refractivity contribution >= 4 is 11.8 Å². The highest BCUT2D eigenvalue weighted by Crippen LogP contribution is 2.30. The van der Waals surface area contributed by atoms with Crippen molar-refractivity contribution in [1.29, 1.82) is 0 Å². The molecule has 6 N–H and O–H groups in total. The Morgan fingerprint density at radius 1 is 1.13 bits per heavy atom. The minimum atomic E-state index is -4.58. The van der Waals surface area contributed by atoms with Crippen molar-refractivity contribution in [2.24, 2.45) is 17.0 Å². The number of hydrogen-bond donors (Lipinski definition) is 4. The quantitative estimate of drug-likeness (QED) is 0.138. The lowest BCUT2D eigenvalue weighted by molar-refractivity contribution is -0.137. The van der Waals surface area contributed by atoms with Gasteiger partial charge in [-0.15, -0.1) is 0 Å². The number of aryl methyl sites for hydroxylation is 1. The molecule has 2 amide bonds. The highest BCUT2D eigenvalue weighted by molar-refractivity contribution is 5.96. The van der Waals surface area contributed by atoms with Crippen LogP contribution in [0.2, 0.25) is 0 Å². The van der Waals surface area contributed by atoms with E-state index in [2.05, 4.69) is 10.6 Å². The summed E-state index contributed by atoms with van der Waals surface area (Å²) in [5.41, 5.74) is 6.46. The second-order valence-electron chi connectivity index (χ2n) is 10.2. The van der Waals surface area contributed by atoms with E-state index in [0.717, 1.165) is 30.5 Å². The van der Waals surface area contributed by atoms with Crippen LogP contribution in [0.25, 0.3) is 0 Å². The molecule has 0 bridgehead atoms. The standard InChI is InChI=1S/C28H40F3N5O2/c1-8-10-11-19(4)24(36(33)16-23(32)26(38)34-17-27(5,6)7)15-22(9-2)35-25(37)20-12-18(3)13-21(14-20)28(29,30)31/h9,11-16H,8,10,17,32-33H2,1-7H3,(H,34,38)(H,35,37)/b19-11+,22-9+,23-16-,24-15+. The number of benzene rings is 1.